The van der Waals surface area contributed by atoms with E-state index in [9.17, 15) is 22.0 Å². The van der Waals surface area contributed by atoms with E-state index in [1.807, 2.05) is 0 Å². The molecule has 6 nitrogen and oxygen atoms in total. The van der Waals surface area contributed by atoms with Gasteiger partial charge in [0.25, 0.3) is 0 Å². The predicted molar refractivity (Wildman–Crippen MR) is 112 cm³/mol. The van der Waals surface area contributed by atoms with Crippen LogP contribution in [0.5, 0.6) is 0 Å². The molecule has 2 aromatic rings. The first kappa shape index (κ1) is 23.3. The monoisotopic (exact) mass is 452 g/mol. The number of morpholine rings is 1. The number of aryl methyl sites for hydroxylation is 1. The van der Waals surface area contributed by atoms with Crippen LogP contribution >= 0.6 is 0 Å². The van der Waals surface area contributed by atoms with Gasteiger partial charge in [-0.3, -0.25) is 4.79 Å². The first-order valence-electron chi connectivity index (χ1n) is 10.2. The van der Waals surface area contributed by atoms with Gasteiger partial charge in [-0.25, -0.2) is 17.2 Å². The zero-order chi connectivity index (χ0) is 22.4. The van der Waals surface area contributed by atoms with Crippen LogP contribution in [0.1, 0.15) is 24.5 Å². The molecule has 1 saturated heterocycles. The summed E-state index contributed by atoms with van der Waals surface area (Å²) in [5, 5.41) is 2.75. The first-order valence-corrected chi connectivity index (χ1v) is 11.6. The van der Waals surface area contributed by atoms with Crippen molar-refractivity contribution in [2.75, 3.05) is 26.3 Å². The zero-order valence-corrected chi connectivity index (χ0v) is 18.1. The van der Waals surface area contributed by atoms with Crippen molar-refractivity contribution in [2.45, 2.75) is 37.1 Å². The van der Waals surface area contributed by atoms with Crippen LogP contribution in [-0.4, -0.2) is 51.0 Å². The van der Waals surface area contributed by atoms with Gasteiger partial charge in [-0.2, -0.15) is 4.31 Å². The maximum Gasteiger partial charge on any atom is 0.243 e. The van der Waals surface area contributed by atoms with Crippen molar-refractivity contribution >= 4 is 15.9 Å². The number of sulfonamides is 1. The molecule has 2 aromatic carbocycles. The number of rotatable bonds is 8. The van der Waals surface area contributed by atoms with Gasteiger partial charge < -0.3 is 10.1 Å². The highest BCUT2D eigenvalue weighted by atomic mass is 32.2. The van der Waals surface area contributed by atoms with Crippen molar-refractivity contribution in [1.82, 2.24) is 9.62 Å². The van der Waals surface area contributed by atoms with Crippen LogP contribution in [0, 0.1) is 11.6 Å². The van der Waals surface area contributed by atoms with Gasteiger partial charge in [0.2, 0.25) is 15.9 Å². The average Bonchev–Trinajstić information content (AvgIpc) is 2.76. The summed E-state index contributed by atoms with van der Waals surface area (Å²) in [7, 11) is -3.55. The van der Waals surface area contributed by atoms with E-state index >= 15 is 0 Å². The number of halogens is 2. The van der Waals surface area contributed by atoms with E-state index in [1.54, 1.807) is 31.2 Å². The molecule has 9 heteroatoms. The lowest BCUT2D eigenvalue weighted by atomic mass is 10.1. The molecule has 0 spiro atoms. The number of benzene rings is 2. The topological polar surface area (TPSA) is 75.7 Å². The Bertz CT molecular complexity index is 986. The largest absolute Gasteiger partial charge is 0.379 e. The van der Waals surface area contributed by atoms with Crippen molar-refractivity contribution in [1.29, 1.82) is 0 Å². The van der Waals surface area contributed by atoms with Gasteiger partial charge in [-0.15, -0.1) is 0 Å². The minimum Gasteiger partial charge on any atom is -0.379 e. The van der Waals surface area contributed by atoms with E-state index in [0.717, 1.165) is 5.56 Å². The van der Waals surface area contributed by atoms with E-state index in [4.69, 9.17) is 4.74 Å². The van der Waals surface area contributed by atoms with Crippen LogP contribution < -0.4 is 5.32 Å². The van der Waals surface area contributed by atoms with Crippen LogP contribution in [0.2, 0.25) is 0 Å². The number of nitrogens with zero attached hydrogens (tertiary/aromatic N) is 1. The maximum atomic E-state index is 13.7. The van der Waals surface area contributed by atoms with Gasteiger partial charge in [0.15, 0.2) is 0 Å². The van der Waals surface area contributed by atoms with E-state index in [-0.39, 0.29) is 29.2 Å². The zero-order valence-electron chi connectivity index (χ0n) is 17.3. The summed E-state index contributed by atoms with van der Waals surface area (Å²) in [6, 6.07) is 9.72. The second-order valence-electron chi connectivity index (χ2n) is 7.53. The summed E-state index contributed by atoms with van der Waals surface area (Å²) >= 11 is 0. The van der Waals surface area contributed by atoms with Crippen LogP contribution in [0.3, 0.4) is 0 Å². The third kappa shape index (κ3) is 6.09. The molecule has 168 valence electrons. The van der Waals surface area contributed by atoms with Gasteiger partial charge >= 0.3 is 0 Å². The van der Waals surface area contributed by atoms with E-state index in [0.29, 0.717) is 32.7 Å². The molecule has 1 fully saturated rings. The summed E-state index contributed by atoms with van der Waals surface area (Å²) in [5.41, 5.74) is 0.774. The second-order valence-corrected chi connectivity index (χ2v) is 9.47. The summed E-state index contributed by atoms with van der Waals surface area (Å²) in [5.74, 6) is -1.50. The van der Waals surface area contributed by atoms with Gasteiger partial charge in [-0.1, -0.05) is 18.2 Å². The van der Waals surface area contributed by atoms with E-state index in [2.05, 4.69) is 5.32 Å². The van der Waals surface area contributed by atoms with Crippen molar-refractivity contribution in [3.05, 3.63) is 65.2 Å². The van der Waals surface area contributed by atoms with Gasteiger partial charge in [0.05, 0.1) is 18.1 Å². The van der Waals surface area contributed by atoms with Crippen molar-refractivity contribution in [2.24, 2.45) is 0 Å². The fraction of sp³-hybridized carbons (Fsp3) is 0.409. The average molecular weight is 453 g/mol. The Balaban J connectivity index is 1.51. The molecule has 1 amide bonds. The Morgan fingerprint density at radius 3 is 2.32 bits per heavy atom. The summed E-state index contributed by atoms with van der Waals surface area (Å²) < 4.78 is 59.4. The molecule has 1 atom stereocenters. The van der Waals surface area contributed by atoms with Gasteiger partial charge in [0.1, 0.15) is 11.6 Å². The van der Waals surface area contributed by atoms with E-state index in [1.165, 1.54) is 22.5 Å². The molecule has 0 radical (unpaired) electrons. The Hall–Kier alpha value is -2.36. The van der Waals surface area contributed by atoms with Gasteiger partial charge in [-0.05, 0) is 49.6 Å². The van der Waals surface area contributed by atoms with Crippen LogP contribution in [0.25, 0.3) is 0 Å². The number of hydrogen-bond acceptors (Lipinski definition) is 4. The molecule has 1 heterocycles. The minimum atomic E-state index is -3.55. The Morgan fingerprint density at radius 2 is 1.71 bits per heavy atom. The number of ether oxygens (including phenoxy) is 1. The number of carbonyl (C=O) groups excluding carboxylic acids is 1. The SMILES string of the molecule is CC(Cc1c(F)cccc1F)NC(=O)CCc1ccc(S(=O)(=O)N2CCOCC2)cc1. The van der Waals surface area contributed by atoms with Gasteiger partial charge in [0, 0.05) is 31.1 Å². The maximum absolute atomic E-state index is 13.7. The number of amides is 1. The molecule has 1 aliphatic rings. The lowest BCUT2D eigenvalue weighted by molar-refractivity contribution is -0.121. The molecule has 0 aliphatic carbocycles. The smallest absolute Gasteiger partial charge is 0.243 e. The van der Waals surface area contributed by atoms with Crippen LogP contribution in [0.4, 0.5) is 8.78 Å². The molecule has 0 saturated carbocycles. The molecule has 0 aromatic heterocycles. The fourth-order valence-electron chi connectivity index (χ4n) is 3.45. The Labute approximate surface area is 181 Å². The highest BCUT2D eigenvalue weighted by Gasteiger charge is 2.26. The lowest BCUT2D eigenvalue weighted by Crippen LogP contribution is -2.40. The van der Waals surface area contributed by atoms with E-state index < -0.39 is 27.7 Å². The highest BCUT2D eigenvalue weighted by Crippen LogP contribution is 2.18. The predicted octanol–water partition coefficient (Wildman–Crippen LogP) is 2.67. The molecular weight excluding hydrogens is 426 g/mol. The molecule has 1 N–H and O–H groups in total. The normalized spacial score (nSPS) is 16.1. The fourth-order valence-corrected chi connectivity index (χ4v) is 4.86. The molecule has 3 rings (SSSR count). The second kappa shape index (κ2) is 10.3. The quantitative estimate of drug-likeness (QED) is 0.668. The third-order valence-corrected chi connectivity index (χ3v) is 7.06. The van der Waals surface area contributed by atoms with Crippen molar-refractivity contribution in [3.63, 3.8) is 0 Å². The molecule has 31 heavy (non-hydrogen) atoms. The van der Waals surface area contributed by atoms with Crippen molar-refractivity contribution in [3.8, 4) is 0 Å². The molecule has 1 aliphatic heterocycles. The molecule has 0 bridgehead atoms. The standard InChI is InChI=1S/C22H26F2N2O4S/c1-16(15-19-20(23)3-2-4-21(19)24)25-22(27)10-7-17-5-8-18(9-6-17)31(28,29)26-11-13-30-14-12-26/h2-6,8-9,16H,7,10-15H2,1H3,(H,25,27). The number of nitrogens with one attached hydrogen (secondary N) is 1. The number of carbonyl (C=O) groups is 1. The first-order chi connectivity index (χ1) is 14.8. The number of hydrogen-bond donors (Lipinski definition) is 1. The summed E-state index contributed by atoms with van der Waals surface area (Å²) in [6.07, 6.45) is 0.655. The third-order valence-electron chi connectivity index (χ3n) is 5.15. The summed E-state index contributed by atoms with van der Waals surface area (Å²) in [6.45, 7) is 3.12. The Kier molecular flexibility index (Phi) is 7.74. The lowest BCUT2D eigenvalue weighted by Gasteiger charge is -2.26. The molecular formula is C22H26F2N2O4S. The molecule has 1 unspecified atom stereocenters. The Morgan fingerprint density at radius 1 is 1.10 bits per heavy atom. The van der Waals surface area contributed by atoms with Crippen LogP contribution in [0.15, 0.2) is 47.4 Å². The van der Waals surface area contributed by atoms with Crippen LogP contribution in [-0.2, 0) is 32.4 Å². The summed E-state index contributed by atoms with van der Waals surface area (Å²) in [4.78, 5) is 12.4. The highest BCUT2D eigenvalue weighted by molar-refractivity contribution is 7.89. The minimum absolute atomic E-state index is 0.0487. The van der Waals surface area contributed by atoms with Crippen molar-refractivity contribution < 1.29 is 26.7 Å².